The van der Waals surface area contributed by atoms with E-state index in [-0.39, 0.29) is 23.7 Å². The first-order valence-corrected chi connectivity index (χ1v) is 14.9. The van der Waals surface area contributed by atoms with Crippen LogP contribution in [0.2, 0.25) is 0 Å². The summed E-state index contributed by atoms with van der Waals surface area (Å²) in [6.45, 7) is 8.57. The number of hydrogen-bond acceptors (Lipinski definition) is 7. The van der Waals surface area contributed by atoms with E-state index in [0.717, 1.165) is 42.7 Å². The minimum atomic E-state index is -0.796. The minimum Gasteiger partial charge on any atom is -0.360 e. The standard InChI is InChI=1S/C32H47N3O7/c1-6-8-10-23(3)35(24(4)36)42-31(40)22-41-21-30(39)34-27-16-13-25(14-17-27)15-18-29(38)33-20-19-28(37)32(5,7-2)26-11-9-12-26/h10,13-14,16-17,26H,6-9,11-12,15,18-22H2,1-5H3,(H,33,38)(H,34,39). The molecule has 0 bridgehead atoms. The summed E-state index contributed by atoms with van der Waals surface area (Å²) < 4.78 is 5.14. The summed E-state index contributed by atoms with van der Waals surface area (Å²) in [5.41, 5.74) is 1.70. The first kappa shape index (κ1) is 34.7. The van der Waals surface area contributed by atoms with Crippen molar-refractivity contribution in [2.75, 3.05) is 25.1 Å². The molecule has 10 heteroatoms. The number of carbonyl (C=O) groups excluding carboxylic acids is 5. The van der Waals surface area contributed by atoms with Crippen molar-refractivity contribution in [3.63, 3.8) is 0 Å². The van der Waals surface area contributed by atoms with E-state index in [4.69, 9.17) is 9.57 Å². The zero-order valence-electron chi connectivity index (χ0n) is 25.8. The zero-order valence-corrected chi connectivity index (χ0v) is 25.8. The van der Waals surface area contributed by atoms with Gasteiger partial charge in [0.05, 0.1) is 5.70 Å². The molecule has 1 fully saturated rings. The van der Waals surface area contributed by atoms with Crippen LogP contribution >= 0.6 is 0 Å². The highest BCUT2D eigenvalue weighted by Crippen LogP contribution is 2.45. The number of carbonyl (C=O) groups is 5. The van der Waals surface area contributed by atoms with Crippen molar-refractivity contribution in [2.45, 2.75) is 92.4 Å². The van der Waals surface area contributed by atoms with E-state index >= 15 is 0 Å². The molecule has 0 heterocycles. The van der Waals surface area contributed by atoms with E-state index in [9.17, 15) is 24.0 Å². The molecule has 0 saturated heterocycles. The summed E-state index contributed by atoms with van der Waals surface area (Å²) in [6.07, 6.45) is 8.88. The Hall–Kier alpha value is -3.53. The van der Waals surface area contributed by atoms with Gasteiger partial charge in [-0.25, -0.2) is 4.79 Å². The number of amides is 3. The second kappa shape index (κ2) is 17.4. The summed E-state index contributed by atoms with van der Waals surface area (Å²) >= 11 is 0. The Balaban J connectivity index is 1.67. The molecule has 2 rings (SSSR count). The number of rotatable bonds is 17. The summed E-state index contributed by atoms with van der Waals surface area (Å²) in [5.74, 6) is -1.08. The molecule has 0 aliphatic heterocycles. The molecule has 0 aromatic heterocycles. The van der Waals surface area contributed by atoms with Gasteiger partial charge in [-0.15, -0.1) is 5.06 Å². The first-order valence-electron chi connectivity index (χ1n) is 14.9. The normalized spacial score (nSPS) is 14.7. The van der Waals surface area contributed by atoms with Crippen LogP contribution in [0.15, 0.2) is 36.0 Å². The lowest BCUT2D eigenvalue weighted by Gasteiger charge is -2.41. The van der Waals surface area contributed by atoms with Gasteiger partial charge in [-0.05, 0) is 62.6 Å². The van der Waals surface area contributed by atoms with E-state index in [1.54, 1.807) is 25.1 Å². The molecule has 1 aromatic rings. The van der Waals surface area contributed by atoms with Crippen molar-refractivity contribution in [1.82, 2.24) is 10.4 Å². The SMILES string of the molecule is CCCC=C(C)N(OC(=O)COCC(=O)Nc1ccc(CCC(=O)NCCC(=O)C(C)(CC)C2CCC2)cc1)C(C)=O. The number of hydroxylamine groups is 2. The van der Waals surface area contributed by atoms with E-state index in [1.807, 2.05) is 19.1 Å². The van der Waals surface area contributed by atoms with Gasteiger partial charge in [0.1, 0.15) is 19.0 Å². The highest BCUT2D eigenvalue weighted by molar-refractivity contribution is 5.92. The molecular formula is C32H47N3O7. The van der Waals surface area contributed by atoms with E-state index in [1.165, 1.54) is 13.3 Å². The smallest absolute Gasteiger partial charge is 0.358 e. The monoisotopic (exact) mass is 585 g/mol. The van der Waals surface area contributed by atoms with Crippen LogP contribution in [0.4, 0.5) is 5.69 Å². The minimum absolute atomic E-state index is 0.101. The predicted molar refractivity (Wildman–Crippen MR) is 160 cm³/mol. The van der Waals surface area contributed by atoms with Gasteiger partial charge in [0.15, 0.2) is 0 Å². The molecule has 2 N–H and O–H groups in total. The van der Waals surface area contributed by atoms with Gasteiger partial charge in [0, 0.05) is 37.4 Å². The van der Waals surface area contributed by atoms with E-state index in [0.29, 0.717) is 43.1 Å². The van der Waals surface area contributed by atoms with Crippen LogP contribution in [0, 0.1) is 11.3 Å². The maximum atomic E-state index is 12.8. The van der Waals surface area contributed by atoms with Gasteiger partial charge in [-0.1, -0.05) is 51.8 Å². The maximum Gasteiger partial charge on any atom is 0.358 e. The van der Waals surface area contributed by atoms with Crippen LogP contribution in [-0.2, 0) is 40.0 Å². The quantitative estimate of drug-likeness (QED) is 0.249. The molecular weight excluding hydrogens is 538 g/mol. The first-order chi connectivity index (χ1) is 20.0. The number of nitrogens with zero attached hydrogens (tertiary/aromatic N) is 1. The van der Waals surface area contributed by atoms with Crippen molar-refractivity contribution >= 4 is 35.2 Å². The topological polar surface area (TPSA) is 131 Å². The molecule has 232 valence electrons. The second-order valence-electron chi connectivity index (χ2n) is 11.1. The molecule has 1 aliphatic rings. The van der Waals surface area contributed by atoms with Crippen LogP contribution in [0.1, 0.15) is 91.5 Å². The Kier molecular flexibility index (Phi) is 14.4. The lowest BCUT2D eigenvalue weighted by molar-refractivity contribution is -0.192. The third kappa shape index (κ3) is 11.0. The Morgan fingerprint density at radius 2 is 1.69 bits per heavy atom. The maximum absolute atomic E-state index is 12.8. The lowest BCUT2D eigenvalue weighted by Crippen LogP contribution is -2.40. The summed E-state index contributed by atoms with van der Waals surface area (Å²) in [7, 11) is 0. The Morgan fingerprint density at radius 1 is 1.00 bits per heavy atom. The molecule has 1 saturated carbocycles. The van der Waals surface area contributed by atoms with E-state index < -0.39 is 24.4 Å². The van der Waals surface area contributed by atoms with Crippen molar-refractivity contribution in [3.05, 3.63) is 41.6 Å². The van der Waals surface area contributed by atoms with Crippen molar-refractivity contribution in [1.29, 1.82) is 0 Å². The van der Waals surface area contributed by atoms with Crippen LogP contribution in [0.3, 0.4) is 0 Å². The van der Waals surface area contributed by atoms with Gasteiger partial charge in [0.2, 0.25) is 11.8 Å². The van der Waals surface area contributed by atoms with Gasteiger partial charge in [-0.2, -0.15) is 0 Å². The van der Waals surface area contributed by atoms with Crippen LogP contribution in [-0.4, -0.2) is 54.3 Å². The molecule has 0 radical (unpaired) electrons. The number of benzene rings is 1. The Labute approximate surface area is 249 Å². The summed E-state index contributed by atoms with van der Waals surface area (Å²) in [6, 6.07) is 7.09. The number of aryl methyl sites for hydroxylation is 1. The summed E-state index contributed by atoms with van der Waals surface area (Å²) in [4.78, 5) is 66.2. The summed E-state index contributed by atoms with van der Waals surface area (Å²) in [5, 5.41) is 6.45. The molecule has 1 atom stereocenters. The lowest BCUT2D eigenvalue weighted by atomic mass is 9.62. The number of ether oxygens (including phenoxy) is 1. The highest BCUT2D eigenvalue weighted by Gasteiger charge is 2.41. The van der Waals surface area contributed by atoms with E-state index in [2.05, 4.69) is 24.5 Å². The number of unbranched alkanes of at least 4 members (excludes halogenated alkanes) is 1. The molecule has 1 aliphatic carbocycles. The highest BCUT2D eigenvalue weighted by atomic mass is 16.7. The zero-order chi connectivity index (χ0) is 31.1. The molecule has 10 nitrogen and oxygen atoms in total. The fraction of sp³-hybridized carbons (Fsp3) is 0.594. The number of ketones is 1. The molecule has 0 spiro atoms. The number of anilines is 1. The average Bonchev–Trinajstić information content (AvgIpc) is 2.92. The average molecular weight is 586 g/mol. The van der Waals surface area contributed by atoms with Crippen LogP contribution in [0.25, 0.3) is 0 Å². The van der Waals surface area contributed by atoms with Crippen molar-refractivity contribution < 1.29 is 33.5 Å². The number of nitrogens with one attached hydrogen (secondary N) is 2. The molecule has 1 aromatic carbocycles. The van der Waals surface area contributed by atoms with Gasteiger partial charge < -0.3 is 20.2 Å². The largest absolute Gasteiger partial charge is 0.360 e. The Bertz CT molecular complexity index is 1110. The molecule has 1 unspecified atom stereocenters. The second-order valence-corrected chi connectivity index (χ2v) is 11.1. The fourth-order valence-corrected chi connectivity index (χ4v) is 4.83. The van der Waals surface area contributed by atoms with Gasteiger partial charge in [-0.3, -0.25) is 19.2 Å². The number of hydrogen-bond donors (Lipinski definition) is 2. The third-order valence-corrected chi connectivity index (χ3v) is 7.91. The Morgan fingerprint density at radius 3 is 2.26 bits per heavy atom. The molecule has 3 amide bonds. The van der Waals surface area contributed by atoms with Crippen molar-refractivity contribution in [2.24, 2.45) is 11.3 Å². The van der Waals surface area contributed by atoms with Crippen molar-refractivity contribution in [3.8, 4) is 0 Å². The molecule has 42 heavy (non-hydrogen) atoms. The van der Waals surface area contributed by atoms with Crippen LogP contribution in [0.5, 0.6) is 0 Å². The fourth-order valence-electron chi connectivity index (χ4n) is 4.83. The van der Waals surface area contributed by atoms with Gasteiger partial charge in [0.25, 0.3) is 5.91 Å². The number of Topliss-reactive ketones (excluding diaryl/α,β-unsaturated/α-hetero) is 1. The number of allylic oxidation sites excluding steroid dienone is 2. The predicted octanol–water partition coefficient (Wildman–Crippen LogP) is 4.88. The van der Waals surface area contributed by atoms with Crippen LogP contribution < -0.4 is 10.6 Å². The third-order valence-electron chi connectivity index (χ3n) is 7.91. The van der Waals surface area contributed by atoms with Gasteiger partial charge >= 0.3 is 5.97 Å².